The molecule has 0 unspecified atom stereocenters. The third-order valence-electron chi connectivity index (χ3n) is 3.14. The van der Waals surface area contributed by atoms with Crippen LogP contribution >= 0.6 is 0 Å². The smallest absolute Gasteiger partial charge is 0.221 e. The zero-order valence-corrected chi connectivity index (χ0v) is 10.7. The Labute approximate surface area is 108 Å². The molecule has 0 aliphatic carbocycles. The molecule has 1 fully saturated rings. The highest BCUT2D eigenvalue weighted by Gasteiger charge is 2.12. The summed E-state index contributed by atoms with van der Waals surface area (Å²) in [6, 6.07) is 7.80. The van der Waals surface area contributed by atoms with Crippen molar-refractivity contribution in [1.29, 1.82) is 0 Å². The molecule has 0 bridgehead atoms. The molecule has 2 rings (SSSR count). The molecule has 0 atom stereocenters. The molecule has 4 nitrogen and oxygen atoms in total. The molecule has 0 radical (unpaired) electrons. The number of rotatable bonds is 4. The Bertz CT molecular complexity index is 383. The van der Waals surface area contributed by atoms with Crippen molar-refractivity contribution in [3.8, 4) is 0 Å². The molecule has 1 aliphatic rings. The van der Waals surface area contributed by atoms with Gasteiger partial charge < -0.3 is 15.4 Å². The lowest BCUT2D eigenvalue weighted by molar-refractivity contribution is -0.114. The lowest BCUT2D eigenvalue weighted by atomic mass is 10.0. The highest BCUT2D eigenvalue weighted by atomic mass is 16.5. The predicted octanol–water partition coefficient (Wildman–Crippen LogP) is 2.48. The maximum atomic E-state index is 10.9. The molecule has 0 aromatic heterocycles. The van der Waals surface area contributed by atoms with Crippen molar-refractivity contribution >= 4 is 17.3 Å². The molecular weight excluding hydrogens is 228 g/mol. The zero-order chi connectivity index (χ0) is 12.8. The highest BCUT2D eigenvalue weighted by Crippen LogP contribution is 2.17. The Hall–Kier alpha value is -1.55. The van der Waals surface area contributed by atoms with E-state index in [9.17, 15) is 4.79 Å². The van der Waals surface area contributed by atoms with E-state index in [0.29, 0.717) is 5.92 Å². The topological polar surface area (TPSA) is 50.4 Å². The second kappa shape index (κ2) is 6.40. The Morgan fingerprint density at radius 3 is 2.44 bits per heavy atom. The number of amides is 1. The van der Waals surface area contributed by atoms with Crippen molar-refractivity contribution in [1.82, 2.24) is 0 Å². The molecule has 4 heteroatoms. The van der Waals surface area contributed by atoms with Crippen molar-refractivity contribution in [3.05, 3.63) is 24.3 Å². The Morgan fingerprint density at radius 2 is 1.83 bits per heavy atom. The van der Waals surface area contributed by atoms with Crippen molar-refractivity contribution in [3.63, 3.8) is 0 Å². The fourth-order valence-corrected chi connectivity index (χ4v) is 2.09. The van der Waals surface area contributed by atoms with Crippen LogP contribution in [0.4, 0.5) is 11.4 Å². The van der Waals surface area contributed by atoms with E-state index in [2.05, 4.69) is 10.6 Å². The standard InChI is InChI=1S/C14H20N2O2/c1-11(17)16-14-4-2-13(3-5-14)15-10-12-6-8-18-9-7-12/h2-5,12,15H,6-10H2,1H3,(H,16,17). The first-order valence-electron chi connectivity index (χ1n) is 6.43. The molecular formula is C14H20N2O2. The molecule has 0 spiro atoms. The minimum absolute atomic E-state index is 0.0436. The van der Waals surface area contributed by atoms with Gasteiger partial charge in [0.2, 0.25) is 5.91 Å². The van der Waals surface area contributed by atoms with Crippen LogP contribution in [0.1, 0.15) is 19.8 Å². The third-order valence-corrected chi connectivity index (χ3v) is 3.14. The summed E-state index contributed by atoms with van der Waals surface area (Å²) in [4.78, 5) is 10.9. The third kappa shape index (κ3) is 4.04. The molecule has 1 aliphatic heterocycles. The molecule has 0 saturated carbocycles. The van der Waals surface area contributed by atoms with Crippen LogP contribution in [0.25, 0.3) is 0 Å². The van der Waals surface area contributed by atoms with Crippen LogP contribution in [0.2, 0.25) is 0 Å². The van der Waals surface area contributed by atoms with Crippen molar-refractivity contribution in [2.24, 2.45) is 5.92 Å². The molecule has 2 N–H and O–H groups in total. The van der Waals surface area contributed by atoms with Crippen LogP contribution in [-0.2, 0) is 9.53 Å². The summed E-state index contributed by atoms with van der Waals surface area (Å²) in [5, 5.41) is 6.18. The number of hydrogen-bond acceptors (Lipinski definition) is 3. The summed E-state index contributed by atoms with van der Waals surface area (Å²) in [5.74, 6) is 0.659. The van der Waals surface area contributed by atoms with Gasteiger partial charge in [-0.1, -0.05) is 0 Å². The first kappa shape index (κ1) is 12.9. The van der Waals surface area contributed by atoms with Crippen LogP contribution in [0.5, 0.6) is 0 Å². The average Bonchev–Trinajstić information content (AvgIpc) is 2.38. The molecule has 98 valence electrons. The van der Waals surface area contributed by atoms with Crippen LogP contribution in [0.3, 0.4) is 0 Å². The highest BCUT2D eigenvalue weighted by molar-refractivity contribution is 5.88. The van der Waals surface area contributed by atoms with Crippen molar-refractivity contribution in [2.75, 3.05) is 30.4 Å². The Kier molecular flexibility index (Phi) is 4.59. The van der Waals surface area contributed by atoms with Gasteiger partial charge in [0.15, 0.2) is 0 Å². The molecule has 1 heterocycles. The summed E-state index contributed by atoms with van der Waals surface area (Å²) in [6.07, 6.45) is 2.27. The van der Waals surface area contributed by atoms with E-state index in [-0.39, 0.29) is 5.91 Å². The first-order valence-corrected chi connectivity index (χ1v) is 6.43. The van der Waals surface area contributed by atoms with Gasteiger partial charge in [0.05, 0.1) is 0 Å². The molecule has 18 heavy (non-hydrogen) atoms. The second-order valence-corrected chi connectivity index (χ2v) is 4.70. The van der Waals surface area contributed by atoms with Gasteiger partial charge in [0.1, 0.15) is 0 Å². The maximum Gasteiger partial charge on any atom is 0.221 e. The number of hydrogen-bond donors (Lipinski definition) is 2. The minimum atomic E-state index is -0.0436. The van der Waals surface area contributed by atoms with Gasteiger partial charge in [-0.2, -0.15) is 0 Å². The van der Waals surface area contributed by atoms with Gasteiger partial charge >= 0.3 is 0 Å². The number of benzene rings is 1. The summed E-state index contributed by atoms with van der Waals surface area (Å²) in [6.45, 7) is 4.27. The van der Waals surface area contributed by atoms with Gasteiger partial charge in [0.25, 0.3) is 0 Å². The summed E-state index contributed by atoms with van der Waals surface area (Å²) >= 11 is 0. The monoisotopic (exact) mass is 248 g/mol. The van der Waals surface area contributed by atoms with E-state index in [1.807, 2.05) is 24.3 Å². The molecule has 1 saturated heterocycles. The Morgan fingerprint density at radius 1 is 1.22 bits per heavy atom. The first-order chi connectivity index (χ1) is 8.74. The number of ether oxygens (including phenoxy) is 1. The number of nitrogens with one attached hydrogen (secondary N) is 2. The molecule has 1 amide bonds. The maximum absolute atomic E-state index is 10.9. The summed E-state index contributed by atoms with van der Waals surface area (Å²) in [5.41, 5.74) is 1.93. The minimum Gasteiger partial charge on any atom is -0.385 e. The summed E-state index contributed by atoms with van der Waals surface area (Å²) in [7, 11) is 0. The fourth-order valence-electron chi connectivity index (χ4n) is 2.09. The second-order valence-electron chi connectivity index (χ2n) is 4.70. The SMILES string of the molecule is CC(=O)Nc1ccc(NCC2CCOCC2)cc1. The molecule has 1 aromatic carbocycles. The van der Waals surface area contributed by atoms with Gasteiger partial charge in [0, 0.05) is 38.1 Å². The average molecular weight is 248 g/mol. The van der Waals surface area contributed by atoms with E-state index >= 15 is 0 Å². The predicted molar refractivity (Wildman–Crippen MR) is 72.8 cm³/mol. The largest absolute Gasteiger partial charge is 0.385 e. The molecule has 1 aromatic rings. The zero-order valence-electron chi connectivity index (χ0n) is 10.7. The van der Waals surface area contributed by atoms with Gasteiger partial charge in [-0.15, -0.1) is 0 Å². The van der Waals surface area contributed by atoms with E-state index in [1.165, 1.54) is 6.92 Å². The van der Waals surface area contributed by atoms with Crippen LogP contribution in [0.15, 0.2) is 24.3 Å². The quantitative estimate of drug-likeness (QED) is 0.860. The van der Waals surface area contributed by atoms with Crippen molar-refractivity contribution in [2.45, 2.75) is 19.8 Å². The van der Waals surface area contributed by atoms with Gasteiger partial charge in [-0.25, -0.2) is 0 Å². The van der Waals surface area contributed by atoms with E-state index in [0.717, 1.165) is 44.0 Å². The lowest BCUT2D eigenvalue weighted by Crippen LogP contribution is -2.22. The normalized spacial score (nSPS) is 16.3. The van der Waals surface area contributed by atoms with Crippen LogP contribution in [0, 0.1) is 5.92 Å². The Balaban J connectivity index is 1.80. The number of carbonyl (C=O) groups excluding carboxylic acids is 1. The lowest BCUT2D eigenvalue weighted by Gasteiger charge is -2.22. The van der Waals surface area contributed by atoms with E-state index in [4.69, 9.17) is 4.74 Å². The fraction of sp³-hybridized carbons (Fsp3) is 0.500. The summed E-state index contributed by atoms with van der Waals surface area (Å²) < 4.78 is 5.34. The van der Waals surface area contributed by atoms with E-state index in [1.54, 1.807) is 0 Å². The van der Waals surface area contributed by atoms with E-state index < -0.39 is 0 Å². The van der Waals surface area contributed by atoms with Crippen LogP contribution < -0.4 is 10.6 Å². The van der Waals surface area contributed by atoms with Crippen LogP contribution in [-0.4, -0.2) is 25.7 Å². The number of carbonyl (C=O) groups is 1. The van der Waals surface area contributed by atoms with Gasteiger partial charge in [-0.3, -0.25) is 4.79 Å². The van der Waals surface area contributed by atoms with Crippen molar-refractivity contribution < 1.29 is 9.53 Å². The van der Waals surface area contributed by atoms with Gasteiger partial charge in [-0.05, 0) is 43.0 Å². The number of anilines is 2.